The van der Waals surface area contributed by atoms with Crippen LogP contribution in [0.1, 0.15) is 196 Å². The number of aromatic nitrogens is 4. The van der Waals surface area contributed by atoms with E-state index in [9.17, 15) is 0 Å². The lowest BCUT2D eigenvalue weighted by Crippen LogP contribution is -2.32. The second-order valence-corrected chi connectivity index (χ2v) is 22.2. The van der Waals surface area contributed by atoms with Crippen LogP contribution in [0.15, 0.2) is 72.8 Å². The largest absolute Gasteiger partial charge is 0.156 e. The Labute approximate surface area is 353 Å². The van der Waals surface area contributed by atoms with E-state index in [2.05, 4.69) is 156 Å². The van der Waals surface area contributed by atoms with Gasteiger partial charge in [-0.25, -0.2) is 0 Å². The van der Waals surface area contributed by atoms with Gasteiger partial charge in [-0.1, -0.05) is 179 Å². The Kier molecular flexibility index (Phi) is 7.90. The van der Waals surface area contributed by atoms with E-state index in [0.717, 1.165) is 33.6 Å². The minimum absolute atomic E-state index is 0.0106. The molecule has 0 amide bonds. The number of nitrogens with zero attached hydrogens (tertiary/aromatic N) is 4. The summed E-state index contributed by atoms with van der Waals surface area (Å²) in [4.78, 5) is 0. The Balaban J connectivity index is 1.27. The monoisotopic (exact) mass is 802 g/mol. The summed E-state index contributed by atoms with van der Waals surface area (Å²) in [5, 5.41) is 20.6. The van der Waals surface area contributed by atoms with Gasteiger partial charge in [0.2, 0.25) is 0 Å². The van der Waals surface area contributed by atoms with Crippen LogP contribution in [0, 0.1) is 0 Å². The van der Waals surface area contributed by atoms with Crippen molar-refractivity contribution in [2.45, 2.75) is 128 Å². The van der Waals surface area contributed by atoms with Crippen LogP contribution in [0.4, 0.5) is 0 Å². The quantitative estimate of drug-likeness (QED) is 0.166. The van der Waals surface area contributed by atoms with Crippen LogP contribution in [-0.4, -0.2) is 20.4 Å². The van der Waals surface area contributed by atoms with Gasteiger partial charge in [-0.05, 0) is 88.4 Å². The molecule has 0 aliphatic heterocycles. The molecular formula is C52H52Cl2N4. The lowest BCUT2D eigenvalue weighted by molar-refractivity contribution is 0.582. The van der Waals surface area contributed by atoms with E-state index in [1.807, 2.05) is 0 Å². The third-order valence-electron chi connectivity index (χ3n) is 13.7. The summed E-state index contributed by atoms with van der Waals surface area (Å²) in [6, 6.07) is 28.4. The zero-order chi connectivity index (χ0) is 41.2. The van der Waals surface area contributed by atoms with Crippen molar-refractivity contribution in [2.75, 3.05) is 0 Å². The van der Waals surface area contributed by atoms with Gasteiger partial charge < -0.3 is 0 Å². The van der Waals surface area contributed by atoms with Gasteiger partial charge in [-0.3, -0.25) is 0 Å². The maximum absolute atomic E-state index is 7.31. The van der Waals surface area contributed by atoms with Gasteiger partial charge in [-0.15, -0.1) is 20.4 Å². The van der Waals surface area contributed by atoms with E-state index in [4.69, 9.17) is 43.6 Å². The highest BCUT2D eigenvalue weighted by molar-refractivity contribution is 6.31. The molecule has 2 heterocycles. The highest BCUT2D eigenvalue weighted by Gasteiger charge is 2.49. The molecular weight excluding hydrogens is 752 g/mol. The molecule has 2 aromatic heterocycles. The molecule has 0 radical (unpaired) electrons. The van der Waals surface area contributed by atoms with Crippen LogP contribution in [0.25, 0.3) is 11.4 Å². The molecule has 6 aromatic rings. The van der Waals surface area contributed by atoms with Crippen molar-refractivity contribution < 1.29 is 0 Å². The fraction of sp³-hybridized carbons (Fsp3) is 0.385. The molecule has 0 spiro atoms. The molecule has 4 nitrogen and oxygen atoms in total. The Bertz CT molecular complexity index is 2580. The summed E-state index contributed by atoms with van der Waals surface area (Å²) in [6.07, 6.45) is 0. The van der Waals surface area contributed by atoms with Crippen LogP contribution in [0.3, 0.4) is 0 Å². The fourth-order valence-electron chi connectivity index (χ4n) is 10.5. The molecule has 12 rings (SSSR count). The van der Waals surface area contributed by atoms with E-state index in [1.54, 1.807) is 0 Å². The van der Waals surface area contributed by atoms with Crippen LogP contribution in [0.2, 0.25) is 10.3 Å². The predicted molar refractivity (Wildman–Crippen MR) is 237 cm³/mol. The molecule has 58 heavy (non-hydrogen) atoms. The van der Waals surface area contributed by atoms with Gasteiger partial charge in [0.05, 0.1) is 0 Å². The summed E-state index contributed by atoms with van der Waals surface area (Å²) >= 11 is 14.6. The van der Waals surface area contributed by atoms with Crippen molar-refractivity contribution in [1.29, 1.82) is 0 Å². The Morgan fingerprint density at radius 1 is 0.328 bits per heavy atom. The van der Waals surface area contributed by atoms with Gasteiger partial charge in [0.1, 0.15) is 11.4 Å². The van der Waals surface area contributed by atoms with Gasteiger partial charge in [0.25, 0.3) is 0 Å². The van der Waals surface area contributed by atoms with E-state index in [0.29, 0.717) is 10.3 Å². The first-order valence-corrected chi connectivity index (χ1v) is 21.6. The molecule has 0 saturated carbocycles. The first-order chi connectivity index (χ1) is 27.1. The van der Waals surface area contributed by atoms with Crippen LogP contribution < -0.4 is 0 Å². The third kappa shape index (κ3) is 5.32. The average Bonchev–Trinajstić information content (AvgIpc) is 3.15. The van der Waals surface area contributed by atoms with Gasteiger partial charge in [0, 0.05) is 45.9 Å². The average molecular weight is 804 g/mol. The second kappa shape index (κ2) is 12.1. The summed E-state index contributed by atoms with van der Waals surface area (Å²) in [5.41, 5.74) is 21.3. The van der Waals surface area contributed by atoms with Crippen LogP contribution >= 0.6 is 23.2 Å². The van der Waals surface area contributed by atoms with Crippen LogP contribution in [0.5, 0.6) is 0 Å². The van der Waals surface area contributed by atoms with Crippen molar-refractivity contribution in [3.63, 3.8) is 0 Å². The molecule has 4 aromatic carbocycles. The van der Waals surface area contributed by atoms with Gasteiger partial charge in [0.15, 0.2) is 10.3 Å². The number of halogens is 2. The summed E-state index contributed by atoms with van der Waals surface area (Å²) in [7, 11) is 0. The lowest BCUT2D eigenvalue weighted by atomic mass is 9.58. The van der Waals surface area contributed by atoms with Gasteiger partial charge in [-0.2, -0.15) is 0 Å². The third-order valence-corrected chi connectivity index (χ3v) is 14.2. The zero-order valence-electron chi connectivity index (χ0n) is 35.8. The maximum Gasteiger partial charge on any atom is 0.156 e. The smallest absolute Gasteiger partial charge is 0.147 e. The zero-order valence-corrected chi connectivity index (χ0v) is 37.3. The number of benzene rings is 4. The molecule has 0 saturated heterocycles. The number of hydrogen-bond acceptors (Lipinski definition) is 4. The van der Waals surface area contributed by atoms with E-state index in [1.165, 1.54) is 66.8 Å². The molecule has 6 heteroatoms. The maximum atomic E-state index is 7.31. The molecule has 0 fully saturated rings. The minimum atomic E-state index is -0.111. The SMILES string of the molecule is CC(C)(C)c1ccc2c(c1)[C@@H]1c3ccc(C(C)(C)C)cc3[C@H]2c2c(-c3nnc(Cl)c4c3[C@H]3c5ccc(C(C)(C)C)cc5[C@@H]4c4ccc(C(C)(C)C)cc43)nnc(Cl)c21. The van der Waals surface area contributed by atoms with Crippen molar-refractivity contribution in [3.05, 3.63) is 172 Å². The Morgan fingerprint density at radius 3 is 0.810 bits per heavy atom. The van der Waals surface area contributed by atoms with Crippen LogP contribution in [-0.2, 0) is 21.7 Å². The normalized spacial score (nSPS) is 19.9. The molecule has 294 valence electrons. The van der Waals surface area contributed by atoms with E-state index < -0.39 is 0 Å². The highest BCUT2D eigenvalue weighted by atomic mass is 35.5. The molecule has 4 atom stereocenters. The molecule has 4 bridgehead atoms. The summed E-state index contributed by atoms with van der Waals surface area (Å²) in [6.45, 7) is 27.4. The number of rotatable bonds is 1. The van der Waals surface area contributed by atoms with Gasteiger partial charge >= 0.3 is 0 Å². The topological polar surface area (TPSA) is 51.6 Å². The first kappa shape index (κ1) is 37.9. The molecule has 6 aliphatic carbocycles. The Morgan fingerprint density at radius 2 is 0.569 bits per heavy atom. The Hall–Kier alpha value is -4.38. The lowest BCUT2D eigenvalue weighted by Gasteiger charge is -2.45. The summed E-state index contributed by atoms with van der Waals surface area (Å²) < 4.78 is 0. The standard InChI is InChI=1S/C52H52Cl2N4/c1-49(2,3)25-15-19-31-33(21-25)37-29-17-13-27(51(7,8)9)23-35(29)39(31)43-41(37)45(55-57-47(43)53)46-42-38-30-18-14-28(52(10,11)12)24-36(30)40(44(42)48(54)58-56-46)32-20-16-26(22-34(32)38)50(4,5)6/h13-24,37-40H,1-12H3/t37-,38-,39-,40-/m0/s1. The predicted octanol–water partition coefficient (Wildman–Crippen LogP) is 13.4. The van der Waals surface area contributed by atoms with Crippen molar-refractivity contribution in [2.24, 2.45) is 0 Å². The molecule has 6 aliphatic rings. The highest BCUT2D eigenvalue weighted by Crippen LogP contribution is 2.63. The van der Waals surface area contributed by atoms with Crippen molar-refractivity contribution in [3.8, 4) is 11.4 Å². The van der Waals surface area contributed by atoms with Crippen molar-refractivity contribution >= 4 is 23.2 Å². The number of hydrogen-bond donors (Lipinski definition) is 0. The fourth-order valence-corrected chi connectivity index (χ4v) is 11.0. The first-order valence-electron chi connectivity index (χ1n) is 20.8. The van der Waals surface area contributed by atoms with E-state index in [-0.39, 0.29) is 45.3 Å². The van der Waals surface area contributed by atoms with Crippen molar-refractivity contribution in [1.82, 2.24) is 20.4 Å². The van der Waals surface area contributed by atoms with E-state index >= 15 is 0 Å². The molecule has 0 unspecified atom stereocenters. The second-order valence-electron chi connectivity index (χ2n) is 21.4. The molecule has 0 N–H and O–H groups in total. The summed E-state index contributed by atoms with van der Waals surface area (Å²) in [5.74, 6) is -0.413. The minimum Gasteiger partial charge on any atom is -0.147 e.